The summed E-state index contributed by atoms with van der Waals surface area (Å²) in [5, 5.41) is 8.60. The van der Waals surface area contributed by atoms with E-state index in [4.69, 9.17) is 4.74 Å². The number of aromatic nitrogens is 6. The zero-order chi connectivity index (χ0) is 18.8. The Hall–Kier alpha value is -3.75. The van der Waals surface area contributed by atoms with Crippen molar-refractivity contribution < 1.29 is 9.53 Å². The second-order valence-corrected chi connectivity index (χ2v) is 5.97. The number of ether oxygens (including phenoxy) is 1. The molecule has 1 aromatic carbocycles. The zero-order valence-electron chi connectivity index (χ0n) is 14.5. The summed E-state index contributed by atoms with van der Waals surface area (Å²) in [7, 11) is 1.70. The number of hydrogen-bond donors (Lipinski definition) is 0. The lowest BCUT2D eigenvalue weighted by atomic mass is 10.3. The number of hydrogen-bond acceptors (Lipinski definition) is 6. The smallest absolute Gasteiger partial charge is 0.326 e. The zero-order valence-corrected chi connectivity index (χ0v) is 14.5. The SMILES string of the molecule is Cn1ncc2c(=O)n(CC(=O)OCc3cnn(-c4ccccc4)c3)cnc21. The van der Waals surface area contributed by atoms with E-state index < -0.39 is 5.97 Å². The Labute approximate surface area is 153 Å². The molecule has 0 aliphatic heterocycles. The number of rotatable bonds is 5. The van der Waals surface area contributed by atoms with Gasteiger partial charge in [0.05, 0.1) is 18.1 Å². The van der Waals surface area contributed by atoms with Gasteiger partial charge in [-0.2, -0.15) is 10.2 Å². The van der Waals surface area contributed by atoms with Gasteiger partial charge < -0.3 is 4.74 Å². The molecule has 0 atom stereocenters. The van der Waals surface area contributed by atoms with Crippen molar-refractivity contribution in [2.75, 3.05) is 0 Å². The van der Waals surface area contributed by atoms with Crippen LogP contribution in [0.15, 0.2) is 60.0 Å². The van der Waals surface area contributed by atoms with Crippen molar-refractivity contribution in [2.24, 2.45) is 7.05 Å². The molecule has 4 rings (SSSR count). The van der Waals surface area contributed by atoms with E-state index in [0.717, 1.165) is 11.3 Å². The van der Waals surface area contributed by atoms with Gasteiger partial charge in [-0.1, -0.05) is 18.2 Å². The molecule has 0 unspecified atom stereocenters. The average molecular weight is 364 g/mol. The maximum absolute atomic E-state index is 12.4. The van der Waals surface area contributed by atoms with Crippen molar-refractivity contribution in [3.05, 3.63) is 71.2 Å². The van der Waals surface area contributed by atoms with Gasteiger partial charge >= 0.3 is 5.97 Å². The topological polar surface area (TPSA) is 96.8 Å². The number of carbonyl (C=O) groups excluding carboxylic acids is 1. The summed E-state index contributed by atoms with van der Waals surface area (Å²) in [6.45, 7) is -0.146. The van der Waals surface area contributed by atoms with Crippen LogP contribution in [0.1, 0.15) is 5.56 Å². The van der Waals surface area contributed by atoms with Gasteiger partial charge in [-0.3, -0.25) is 18.8 Å². The van der Waals surface area contributed by atoms with E-state index in [1.54, 1.807) is 24.1 Å². The van der Waals surface area contributed by atoms with Crippen LogP contribution < -0.4 is 5.56 Å². The van der Waals surface area contributed by atoms with Gasteiger partial charge in [-0.05, 0) is 12.1 Å². The second-order valence-electron chi connectivity index (χ2n) is 5.97. The van der Waals surface area contributed by atoms with Crippen LogP contribution in [-0.4, -0.2) is 35.1 Å². The van der Waals surface area contributed by atoms with Gasteiger partial charge in [0, 0.05) is 18.8 Å². The van der Waals surface area contributed by atoms with Crippen LogP contribution in [0.5, 0.6) is 0 Å². The van der Waals surface area contributed by atoms with E-state index in [2.05, 4.69) is 15.2 Å². The molecular weight excluding hydrogens is 348 g/mol. The molecule has 9 heteroatoms. The Balaban J connectivity index is 1.41. The summed E-state index contributed by atoms with van der Waals surface area (Å²) in [6, 6.07) is 9.62. The van der Waals surface area contributed by atoms with E-state index >= 15 is 0 Å². The lowest BCUT2D eigenvalue weighted by Crippen LogP contribution is -2.25. The van der Waals surface area contributed by atoms with Gasteiger partial charge in [-0.25, -0.2) is 9.67 Å². The Morgan fingerprint density at radius 2 is 1.96 bits per heavy atom. The first-order valence-corrected chi connectivity index (χ1v) is 8.23. The number of aryl methyl sites for hydroxylation is 1. The first kappa shape index (κ1) is 16.7. The molecule has 0 saturated heterocycles. The third kappa shape index (κ3) is 3.34. The monoisotopic (exact) mass is 364 g/mol. The molecule has 136 valence electrons. The van der Waals surface area contributed by atoms with Crippen molar-refractivity contribution in [1.82, 2.24) is 29.1 Å². The predicted molar refractivity (Wildman–Crippen MR) is 96.1 cm³/mol. The fraction of sp³-hybridized carbons (Fsp3) is 0.167. The molecular formula is C18H16N6O3. The van der Waals surface area contributed by atoms with Crippen LogP contribution in [0.2, 0.25) is 0 Å². The number of fused-ring (bicyclic) bond motifs is 1. The lowest BCUT2D eigenvalue weighted by Gasteiger charge is -2.06. The van der Waals surface area contributed by atoms with Gasteiger partial charge in [0.2, 0.25) is 0 Å². The first-order valence-electron chi connectivity index (χ1n) is 8.23. The van der Waals surface area contributed by atoms with Crippen LogP contribution >= 0.6 is 0 Å². The van der Waals surface area contributed by atoms with Crippen molar-refractivity contribution in [2.45, 2.75) is 13.2 Å². The molecule has 0 N–H and O–H groups in total. The minimum absolute atomic E-state index is 0.0724. The minimum Gasteiger partial charge on any atom is -0.459 e. The molecule has 0 radical (unpaired) electrons. The minimum atomic E-state index is -0.533. The van der Waals surface area contributed by atoms with Crippen molar-refractivity contribution in [3.8, 4) is 5.69 Å². The van der Waals surface area contributed by atoms with Gasteiger partial charge in [0.15, 0.2) is 5.65 Å². The Kier molecular flexibility index (Phi) is 4.25. The number of carbonyl (C=O) groups is 1. The van der Waals surface area contributed by atoms with Crippen LogP contribution in [0.25, 0.3) is 16.7 Å². The molecule has 0 spiro atoms. The summed E-state index contributed by atoms with van der Waals surface area (Å²) in [6.07, 6.45) is 6.18. The van der Waals surface area contributed by atoms with E-state index in [1.165, 1.54) is 21.8 Å². The maximum atomic E-state index is 12.4. The molecule has 0 bridgehead atoms. The van der Waals surface area contributed by atoms with E-state index in [1.807, 2.05) is 30.3 Å². The quantitative estimate of drug-likeness (QED) is 0.491. The fourth-order valence-electron chi connectivity index (χ4n) is 2.68. The highest BCUT2D eigenvalue weighted by molar-refractivity contribution is 5.74. The standard InChI is InChI=1S/C18H16N6O3/c1-22-17-15(8-20-22)18(26)23(12-19-17)10-16(25)27-11-13-7-21-24(9-13)14-5-3-2-4-6-14/h2-9,12H,10-11H2,1H3. The highest BCUT2D eigenvalue weighted by Crippen LogP contribution is 2.09. The molecule has 0 fully saturated rings. The number of esters is 1. The highest BCUT2D eigenvalue weighted by atomic mass is 16.5. The van der Waals surface area contributed by atoms with Crippen molar-refractivity contribution in [3.63, 3.8) is 0 Å². The van der Waals surface area contributed by atoms with Gasteiger partial charge in [-0.15, -0.1) is 0 Å². The second kappa shape index (κ2) is 6.87. The molecule has 3 aromatic heterocycles. The average Bonchev–Trinajstić information content (AvgIpc) is 3.31. The van der Waals surface area contributed by atoms with Gasteiger partial charge in [0.25, 0.3) is 5.56 Å². The van der Waals surface area contributed by atoms with Crippen LogP contribution in [0, 0.1) is 0 Å². The van der Waals surface area contributed by atoms with E-state index in [9.17, 15) is 9.59 Å². The van der Waals surface area contributed by atoms with Crippen molar-refractivity contribution >= 4 is 17.0 Å². The molecule has 0 saturated carbocycles. The summed E-state index contributed by atoms with van der Waals surface area (Å²) in [4.78, 5) is 28.6. The van der Waals surface area contributed by atoms with Crippen LogP contribution in [-0.2, 0) is 29.7 Å². The molecule has 3 heterocycles. The lowest BCUT2D eigenvalue weighted by molar-refractivity contribution is -0.145. The Morgan fingerprint density at radius 3 is 2.78 bits per heavy atom. The molecule has 4 aromatic rings. The number of para-hydroxylation sites is 1. The summed E-state index contributed by atoms with van der Waals surface area (Å²) < 4.78 is 9.67. The molecule has 9 nitrogen and oxygen atoms in total. The molecule has 27 heavy (non-hydrogen) atoms. The van der Waals surface area contributed by atoms with Crippen molar-refractivity contribution in [1.29, 1.82) is 0 Å². The Morgan fingerprint density at radius 1 is 1.15 bits per heavy atom. The predicted octanol–water partition coefficient (Wildman–Crippen LogP) is 1.06. The highest BCUT2D eigenvalue weighted by Gasteiger charge is 2.12. The summed E-state index contributed by atoms with van der Waals surface area (Å²) >= 11 is 0. The first-order chi connectivity index (χ1) is 13.1. The third-order valence-corrected chi connectivity index (χ3v) is 4.07. The van der Waals surface area contributed by atoms with Crippen LogP contribution in [0.4, 0.5) is 0 Å². The normalized spacial score (nSPS) is 11.0. The molecule has 0 aliphatic carbocycles. The molecule has 0 amide bonds. The van der Waals surface area contributed by atoms with E-state index in [0.29, 0.717) is 11.0 Å². The van der Waals surface area contributed by atoms with Gasteiger partial charge in [0.1, 0.15) is 24.9 Å². The summed E-state index contributed by atoms with van der Waals surface area (Å²) in [5.41, 5.74) is 1.80. The summed E-state index contributed by atoms with van der Waals surface area (Å²) in [5.74, 6) is -0.533. The third-order valence-electron chi connectivity index (χ3n) is 4.07. The number of benzene rings is 1. The van der Waals surface area contributed by atoms with Crippen LogP contribution in [0.3, 0.4) is 0 Å². The fourth-order valence-corrected chi connectivity index (χ4v) is 2.68. The number of nitrogens with zero attached hydrogens (tertiary/aromatic N) is 6. The largest absolute Gasteiger partial charge is 0.459 e. The maximum Gasteiger partial charge on any atom is 0.326 e. The molecule has 0 aliphatic rings. The Bertz CT molecular complexity index is 1160. The van der Waals surface area contributed by atoms with E-state index in [-0.39, 0.29) is 18.7 Å².